The van der Waals surface area contributed by atoms with Crippen molar-refractivity contribution in [1.82, 2.24) is 4.98 Å². The molecule has 0 aliphatic heterocycles. The van der Waals surface area contributed by atoms with Crippen LogP contribution in [0.2, 0.25) is 0 Å². The van der Waals surface area contributed by atoms with Gasteiger partial charge in [0.1, 0.15) is 17.2 Å². The first-order valence-electron chi connectivity index (χ1n) is 4.96. The first-order valence-corrected chi connectivity index (χ1v) is 4.96. The average Bonchev–Trinajstić information content (AvgIpc) is 2.30. The number of aliphatic hydroxyl groups excluding tert-OH is 1. The summed E-state index contributed by atoms with van der Waals surface area (Å²) in [4.78, 5) is 14.4. The van der Waals surface area contributed by atoms with Crippen LogP contribution in [0, 0.1) is 5.82 Å². The molecule has 0 saturated heterocycles. The Kier molecular flexibility index (Phi) is 5.31. The minimum atomic E-state index is -1.25. The number of ether oxygens (including phenoxy) is 1. The van der Waals surface area contributed by atoms with Gasteiger partial charge in [0.25, 0.3) is 0 Å². The van der Waals surface area contributed by atoms with E-state index >= 15 is 0 Å². The number of pyridine rings is 1. The van der Waals surface area contributed by atoms with E-state index < -0.39 is 11.8 Å². The Morgan fingerprint density at radius 3 is 2.94 bits per heavy atom. The van der Waals surface area contributed by atoms with Gasteiger partial charge in [-0.25, -0.2) is 14.2 Å². The van der Waals surface area contributed by atoms with Crippen molar-refractivity contribution in [1.29, 1.82) is 0 Å². The molecule has 0 aromatic carbocycles. The van der Waals surface area contributed by atoms with Crippen LogP contribution in [0.15, 0.2) is 12.3 Å². The molecule has 0 bridgehead atoms. The maximum absolute atomic E-state index is 12.8. The lowest BCUT2D eigenvalue weighted by Gasteiger charge is -2.08. The van der Waals surface area contributed by atoms with Crippen LogP contribution in [-0.4, -0.2) is 47.5 Å². The Hall–Kier alpha value is -1.73. The number of carboxylic acids is 1. The highest BCUT2D eigenvalue weighted by molar-refractivity contribution is 5.93. The molecule has 0 amide bonds. The molecule has 1 aromatic rings. The van der Waals surface area contributed by atoms with Crippen molar-refractivity contribution in [3.63, 3.8) is 0 Å². The fourth-order valence-corrected chi connectivity index (χ4v) is 1.15. The van der Waals surface area contributed by atoms with Crippen LogP contribution in [-0.2, 0) is 4.74 Å². The van der Waals surface area contributed by atoms with Crippen LogP contribution >= 0.6 is 0 Å². The molecule has 94 valence electrons. The molecule has 0 radical (unpaired) electrons. The minimum Gasteiger partial charge on any atom is -0.478 e. The van der Waals surface area contributed by atoms with E-state index in [-0.39, 0.29) is 24.6 Å². The maximum atomic E-state index is 12.8. The maximum Gasteiger partial charge on any atom is 0.339 e. The lowest BCUT2D eigenvalue weighted by atomic mass is 10.2. The lowest BCUT2D eigenvalue weighted by molar-refractivity contribution is 0.0696. The number of carboxylic acid groups (broad SMARTS) is 1. The Bertz CT molecular complexity index is 387. The summed E-state index contributed by atoms with van der Waals surface area (Å²) in [6.45, 7) is 0.747. The van der Waals surface area contributed by atoms with Crippen LogP contribution in [0.5, 0.6) is 0 Å². The molecule has 0 atom stereocenters. The van der Waals surface area contributed by atoms with Gasteiger partial charge in [-0.15, -0.1) is 0 Å². The van der Waals surface area contributed by atoms with Crippen molar-refractivity contribution in [3.05, 3.63) is 23.6 Å². The highest BCUT2D eigenvalue weighted by atomic mass is 19.1. The van der Waals surface area contributed by atoms with Crippen LogP contribution in [0.3, 0.4) is 0 Å². The molecule has 1 aromatic heterocycles. The van der Waals surface area contributed by atoms with Crippen molar-refractivity contribution >= 4 is 11.8 Å². The number of anilines is 1. The van der Waals surface area contributed by atoms with Crippen LogP contribution in [0.25, 0.3) is 0 Å². The van der Waals surface area contributed by atoms with Crippen molar-refractivity contribution in [2.24, 2.45) is 0 Å². The van der Waals surface area contributed by atoms with Crippen molar-refractivity contribution < 1.29 is 24.1 Å². The van der Waals surface area contributed by atoms with Crippen molar-refractivity contribution in [2.75, 3.05) is 31.7 Å². The fourth-order valence-electron chi connectivity index (χ4n) is 1.15. The zero-order valence-electron chi connectivity index (χ0n) is 9.02. The predicted molar refractivity (Wildman–Crippen MR) is 57.5 cm³/mol. The van der Waals surface area contributed by atoms with E-state index in [1.54, 1.807) is 0 Å². The summed E-state index contributed by atoms with van der Waals surface area (Å²) in [7, 11) is 0. The third kappa shape index (κ3) is 4.33. The summed E-state index contributed by atoms with van der Waals surface area (Å²) in [5, 5.41) is 20.0. The molecule has 0 fully saturated rings. The number of nitrogens with one attached hydrogen (secondary N) is 1. The van der Waals surface area contributed by atoms with E-state index in [1.807, 2.05) is 0 Å². The van der Waals surface area contributed by atoms with Crippen molar-refractivity contribution in [2.45, 2.75) is 0 Å². The second kappa shape index (κ2) is 6.77. The van der Waals surface area contributed by atoms with E-state index in [4.69, 9.17) is 14.9 Å². The number of rotatable bonds is 7. The van der Waals surface area contributed by atoms with Gasteiger partial charge in [0.15, 0.2) is 0 Å². The standard InChI is InChI=1S/C10H13FN2O4/c11-7-5-8(10(15)16)9(13-6-7)12-1-3-17-4-2-14/h5-6,14H,1-4H2,(H,12,13)(H,15,16). The number of aliphatic hydroxyl groups is 1. The van der Waals surface area contributed by atoms with Gasteiger partial charge < -0.3 is 20.3 Å². The summed E-state index contributed by atoms with van der Waals surface area (Å²) in [5.41, 5.74) is -0.229. The molecule has 0 spiro atoms. The number of aromatic carboxylic acids is 1. The second-order valence-corrected chi connectivity index (χ2v) is 3.12. The molecular weight excluding hydrogens is 231 g/mol. The summed E-state index contributed by atoms with van der Waals surface area (Å²) in [5.74, 6) is -1.87. The Labute approximate surface area is 97.1 Å². The second-order valence-electron chi connectivity index (χ2n) is 3.12. The first kappa shape index (κ1) is 13.3. The lowest BCUT2D eigenvalue weighted by Crippen LogP contribution is -2.15. The molecule has 0 saturated carbocycles. The summed E-state index contributed by atoms with van der Waals surface area (Å²) in [6, 6.07) is 0.895. The number of nitrogens with zero attached hydrogens (tertiary/aromatic N) is 1. The zero-order valence-corrected chi connectivity index (χ0v) is 9.02. The van der Waals surface area contributed by atoms with E-state index in [0.29, 0.717) is 13.2 Å². The van der Waals surface area contributed by atoms with Gasteiger partial charge in [0.05, 0.1) is 26.0 Å². The summed E-state index contributed by atoms with van der Waals surface area (Å²) < 4.78 is 17.8. The molecule has 6 nitrogen and oxygen atoms in total. The molecule has 0 aliphatic rings. The number of hydrogen-bond donors (Lipinski definition) is 3. The third-order valence-electron chi connectivity index (χ3n) is 1.86. The van der Waals surface area contributed by atoms with Gasteiger partial charge in [-0.2, -0.15) is 0 Å². The molecule has 0 aliphatic carbocycles. The van der Waals surface area contributed by atoms with Crippen LogP contribution in [0.4, 0.5) is 10.2 Å². The van der Waals surface area contributed by atoms with Crippen LogP contribution < -0.4 is 5.32 Å². The van der Waals surface area contributed by atoms with Gasteiger partial charge in [-0.05, 0) is 6.07 Å². The van der Waals surface area contributed by atoms with E-state index in [2.05, 4.69) is 10.3 Å². The van der Waals surface area contributed by atoms with Gasteiger partial charge in [-0.3, -0.25) is 0 Å². The van der Waals surface area contributed by atoms with E-state index in [0.717, 1.165) is 12.3 Å². The van der Waals surface area contributed by atoms with Crippen LogP contribution in [0.1, 0.15) is 10.4 Å². The zero-order chi connectivity index (χ0) is 12.7. The number of carbonyl (C=O) groups is 1. The van der Waals surface area contributed by atoms with Crippen molar-refractivity contribution in [3.8, 4) is 0 Å². The molecule has 3 N–H and O–H groups in total. The van der Waals surface area contributed by atoms with Gasteiger partial charge in [0.2, 0.25) is 0 Å². The highest BCUT2D eigenvalue weighted by Crippen LogP contribution is 2.13. The predicted octanol–water partition coefficient (Wildman–Crippen LogP) is 0.340. The topological polar surface area (TPSA) is 91.7 Å². The number of aromatic nitrogens is 1. The largest absolute Gasteiger partial charge is 0.478 e. The quantitative estimate of drug-likeness (QED) is 0.599. The minimum absolute atomic E-state index is 0.0742. The third-order valence-corrected chi connectivity index (χ3v) is 1.86. The number of hydrogen-bond acceptors (Lipinski definition) is 5. The average molecular weight is 244 g/mol. The van der Waals surface area contributed by atoms with Gasteiger partial charge in [0, 0.05) is 6.54 Å². The normalized spacial score (nSPS) is 10.2. The molecular formula is C10H13FN2O4. The molecule has 7 heteroatoms. The Morgan fingerprint density at radius 1 is 1.53 bits per heavy atom. The highest BCUT2D eigenvalue weighted by Gasteiger charge is 2.12. The molecule has 1 rings (SSSR count). The van der Waals surface area contributed by atoms with Gasteiger partial charge in [-0.1, -0.05) is 0 Å². The molecule has 1 heterocycles. The van der Waals surface area contributed by atoms with Gasteiger partial charge >= 0.3 is 5.97 Å². The first-order chi connectivity index (χ1) is 8.15. The SMILES string of the molecule is O=C(O)c1cc(F)cnc1NCCOCCO. The Balaban J connectivity index is 2.55. The summed E-state index contributed by atoms with van der Waals surface area (Å²) in [6.07, 6.45) is 0.934. The van der Waals surface area contributed by atoms with E-state index in [9.17, 15) is 9.18 Å². The van der Waals surface area contributed by atoms with E-state index in [1.165, 1.54) is 0 Å². The fraction of sp³-hybridized carbons (Fsp3) is 0.400. The monoisotopic (exact) mass is 244 g/mol. The Morgan fingerprint density at radius 2 is 2.29 bits per heavy atom. The summed E-state index contributed by atoms with van der Waals surface area (Å²) >= 11 is 0. The smallest absolute Gasteiger partial charge is 0.339 e. The number of halogens is 1. The molecule has 17 heavy (non-hydrogen) atoms. The molecule has 0 unspecified atom stereocenters.